The lowest BCUT2D eigenvalue weighted by Gasteiger charge is -2.10. The topological polar surface area (TPSA) is 112 Å². The summed E-state index contributed by atoms with van der Waals surface area (Å²) in [4.78, 5) is 35.3. The SMILES string of the molecule is Cc1cc(NC(=O)Nc2nc(=O)c(-c3ccc(CNCCc4ccncc4)cc3)c[nH]2)c(F)cc1F. The van der Waals surface area contributed by atoms with Gasteiger partial charge < -0.3 is 15.6 Å². The molecule has 2 aromatic carbocycles. The fourth-order valence-corrected chi connectivity index (χ4v) is 3.50. The van der Waals surface area contributed by atoms with Crippen molar-refractivity contribution in [2.75, 3.05) is 17.2 Å². The number of anilines is 2. The Morgan fingerprint density at radius 1 is 0.972 bits per heavy atom. The van der Waals surface area contributed by atoms with Crippen molar-refractivity contribution in [3.63, 3.8) is 0 Å². The third-order valence-corrected chi connectivity index (χ3v) is 5.46. The Morgan fingerprint density at radius 2 is 1.72 bits per heavy atom. The maximum absolute atomic E-state index is 13.9. The molecule has 184 valence electrons. The molecule has 0 atom stereocenters. The van der Waals surface area contributed by atoms with E-state index in [1.54, 1.807) is 12.4 Å². The number of urea groups is 1. The van der Waals surface area contributed by atoms with Crippen LogP contribution in [-0.4, -0.2) is 27.5 Å². The maximum Gasteiger partial charge on any atom is 0.326 e. The van der Waals surface area contributed by atoms with Crippen molar-refractivity contribution in [2.24, 2.45) is 0 Å². The summed E-state index contributed by atoms with van der Waals surface area (Å²) in [5.74, 6) is -1.75. The predicted octanol–water partition coefficient (Wildman–Crippen LogP) is 4.39. The Kier molecular flexibility index (Phi) is 7.76. The third kappa shape index (κ3) is 6.36. The lowest BCUT2D eigenvalue weighted by Crippen LogP contribution is -2.24. The van der Waals surface area contributed by atoms with Crippen LogP contribution in [0.15, 0.2) is 71.9 Å². The Hall–Kier alpha value is -4.44. The zero-order valence-electron chi connectivity index (χ0n) is 19.4. The minimum Gasteiger partial charge on any atom is -0.331 e. The molecule has 36 heavy (non-hydrogen) atoms. The van der Waals surface area contributed by atoms with Crippen molar-refractivity contribution in [2.45, 2.75) is 19.9 Å². The molecule has 0 aliphatic carbocycles. The first-order valence-corrected chi connectivity index (χ1v) is 11.2. The summed E-state index contributed by atoms with van der Waals surface area (Å²) in [5, 5.41) is 7.98. The highest BCUT2D eigenvalue weighted by Gasteiger charge is 2.12. The van der Waals surface area contributed by atoms with Crippen LogP contribution in [0, 0.1) is 18.6 Å². The van der Waals surface area contributed by atoms with E-state index < -0.39 is 23.2 Å². The monoisotopic (exact) mass is 490 g/mol. The molecule has 8 nitrogen and oxygen atoms in total. The number of hydrogen-bond donors (Lipinski definition) is 4. The van der Waals surface area contributed by atoms with Crippen molar-refractivity contribution < 1.29 is 13.6 Å². The molecule has 0 saturated carbocycles. The van der Waals surface area contributed by atoms with Crippen LogP contribution in [0.4, 0.5) is 25.2 Å². The van der Waals surface area contributed by atoms with E-state index in [0.29, 0.717) is 23.7 Å². The van der Waals surface area contributed by atoms with E-state index >= 15 is 0 Å². The highest BCUT2D eigenvalue weighted by atomic mass is 19.1. The molecule has 10 heteroatoms. The average molecular weight is 491 g/mol. The number of H-pyrrole nitrogens is 1. The summed E-state index contributed by atoms with van der Waals surface area (Å²) in [7, 11) is 0. The summed E-state index contributed by atoms with van der Waals surface area (Å²) >= 11 is 0. The van der Waals surface area contributed by atoms with Crippen LogP contribution in [0.3, 0.4) is 0 Å². The van der Waals surface area contributed by atoms with Gasteiger partial charge in [-0.3, -0.25) is 15.1 Å². The molecule has 0 aliphatic rings. The van der Waals surface area contributed by atoms with Crippen molar-refractivity contribution in [3.05, 3.63) is 106 Å². The minimum absolute atomic E-state index is 0.115. The summed E-state index contributed by atoms with van der Waals surface area (Å²) in [6.45, 7) is 2.96. The molecule has 0 saturated heterocycles. The van der Waals surface area contributed by atoms with Gasteiger partial charge in [0.2, 0.25) is 5.95 Å². The lowest BCUT2D eigenvalue weighted by molar-refractivity contribution is 0.262. The number of pyridine rings is 1. The smallest absolute Gasteiger partial charge is 0.326 e. The van der Waals surface area contributed by atoms with Crippen LogP contribution in [0.25, 0.3) is 11.1 Å². The molecule has 2 amide bonds. The van der Waals surface area contributed by atoms with Crippen molar-refractivity contribution in [1.82, 2.24) is 20.3 Å². The minimum atomic E-state index is -0.919. The van der Waals surface area contributed by atoms with Crippen LogP contribution in [-0.2, 0) is 13.0 Å². The largest absolute Gasteiger partial charge is 0.331 e. The van der Waals surface area contributed by atoms with E-state index in [1.165, 1.54) is 24.8 Å². The van der Waals surface area contributed by atoms with Gasteiger partial charge >= 0.3 is 6.03 Å². The number of benzene rings is 2. The molecule has 0 radical (unpaired) electrons. The zero-order chi connectivity index (χ0) is 25.5. The first-order valence-electron chi connectivity index (χ1n) is 11.2. The highest BCUT2D eigenvalue weighted by Crippen LogP contribution is 2.19. The number of nitrogens with zero attached hydrogens (tertiary/aromatic N) is 2. The molecule has 0 spiro atoms. The van der Waals surface area contributed by atoms with Crippen LogP contribution in [0.1, 0.15) is 16.7 Å². The van der Waals surface area contributed by atoms with Gasteiger partial charge in [0, 0.05) is 31.2 Å². The fraction of sp³-hybridized carbons (Fsp3) is 0.154. The number of nitrogens with one attached hydrogen (secondary N) is 4. The lowest BCUT2D eigenvalue weighted by atomic mass is 10.1. The van der Waals surface area contributed by atoms with Gasteiger partial charge in [-0.2, -0.15) is 4.98 Å². The standard InChI is InChI=1S/C26H24F2N6O2/c1-16-12-23(22(28)13-21(16)27)32-26(36)34-25-31-15-20(24(35)33-25)19-4-2-18(3-5-19)14-30-11-8-17-6-9-29-10-7-17/h2-7,9-10,12-13,15,30H,8,11,14H2,1H3,(H3,31,32,33,34,35,36). The normalized spacial score (nSPS) is 10.8. The molecular weight excluding hydrogens is 466 g/mol. The fourth-order valence-electron chi connectivity index (χ4n) is 3.50. The number of rotatable bonds is 8. The number of amides is 2. The maximum atomic E-state index is 13.9. The molecule has 0 fully saturated rings. The molecule has 4 aromatic rings. The predicted molar refractivity (Wildman–Crippen MR) is 134 cm³/mol. The summed E-state index contributed by atoms with van der Waals surface area (Å²) in [5.41, 5.74) is 2.72. The Labute approximate surface area is 205 Å². The van der Waals surface area contributed by atoms with Crippen molar-refractivity contribution >= 4 is 17.7 Å². The van der Waals surface area contributed by atoms with Gasteiger partial charge in [0.15, 0.2) is 0 Å². The summed E-state index contributed by atoms with van der Waals surface area (Å²) in [6, 6.07) is 12.5. The molecule has 4 rings (SSSR count). The number of aromatic nitrogens is 3. The molecule has 0 aliphatic heterocycles. The van der Waals surface area contributed by atoms with Gasteiger partial charge in [0.25, 0.3) is 5.56 Å². The number of aryl methyl sites for hydroxylation is 1. The Bertz CT molecular complexity index is 1410. The van der Waals surface area contributed by atoms with Crippen LogP contribution < -0.4 is 21.5 Å². The van der Waals surface area contributed by atoms with E-state index in [4.69, 9.17) is 0 Å². The number of hydrogen-bond acceptors (Lipinski definition) is 5. The van der Waals surface area contributed by atoms with Gasteiger partial charge in [-0.25, -0.2) is 13.6 Å². The van der Waals surface area contributed by atoms with Gasteiger partial charge in [0.1, 0.15) is 11.6 Å². The van der Waals surface area contributed by atoms with E-state index in [0.717, 1.165) is 18.5 Å². The zero-order valence-corrected chi connectivity index (χ0v) is 19.4. The average Bonchev–Trinajstić information content (AvgIpc) is 2.86. The highest BCUT2D eigenvalue weighted by molar-refractivity contribution is 5.98. The third-order valence-electron chi connectivity index (χ3n) is 5.46. The van der Waals surface area contributed by atoms with Crippen LogP contribution >= 0.6 is 0 Å². The van der Waals surface area contributed by atoms with Gasteiger partial charge in [-0.1, -0.05) is 24.3 Å². The van der Waals surface area contributed by atoms with E-state index in [9.17, 15) is 18.4 Å². The molecule has 4 N–H and O–H groups in total. The number of aromatic amines is 1. The van der Waals surface area contributed by atoms with E-state index in [1.807, 2.05) is 36.4 Å². The number of carbonyl (C=O) groups excluding carboxylic acids is 1. The van der Waals surface area contributed by atoms with E-state index in [-0.39, 0.29) is 17.2 Å². The Morgan fingerprint density at radius 3 is 2.44 bits per heavy atom. The number of carbonyl (C=O) groups is 1. The first kappa shape index (κ1) is 24.7. The molecule has 2 heterocycles. The summed E-state index contributed by atoms with van der Waals surface area (Å²) < 4.78 is 27.3. The second-order valence-corrected chi connectivity index (χ2v) is 8.11. The Balaban J connectivity index is 1.33. The second-order valence-electron chi connectivity index (χ2n) is 8.11. The van der Waals surface area contributed by atoms with Crippen molar-refractivity contribution in [1.29, 1.82) is 0 Å². The van der Waals surface area contributed by atoms with Crippen LogP contribution in [0.5, 0.6) is 0 Å². The van der Waals surface area contributed by atoms with Crippen molar-refractivity contribution in [3.8, 4) is 11.1 Å². The van der Waals surface area contributed by atoms with Gasteiger partial charge in [0.05, 0.1) is 11.3 Å². The first-order chi connectivity index (χ1) is 17.4. The second kappa shape index (κ2) is 11.3. The molecule has 0 bridgehead atoms. The van der Waals surface area contributed by atoms with Gasteiger partial charge in [-0.15, -0.1) is 0 Å². The molecular formula is C26H24F2N6O2. The quantitative estimate of drug-likeness (QED) is 0.274. The summed E-state index contributed by atoms with van der Waals surface area (Å²) in [6.07, 6.45) is 5.89. The molecule has 0 unspecified atom stereocenters. The van der Waals surface area contributed by atoms with Crippen LogP contribution in [0.2, 0.25) is 0 Å². The number of halogens is 2. The van der Waals surface area contributed by atoms with Gasteiger partial charge in [-0.05, 0) is 60.3 Å². The van der Waals surface area contributed by atoms with E-state index in [2.05, 4.69) is 30.9 Å². The molecule has 2 aromatic heterocycles.